The summed E-state index contributed by atoms with van der Waals surface area (Å²) in [5, 5.41) is -0.148. The first kappa shape index (κ1) is 12.2. The molecular formula is C15H12FNOS. The molecule has 0 saturated carbocycles. The van der Waals surface area contributed by atoms with Crippen LogP contribution in [0, 0.1) is 5.82 Å². The van der Waals surface area contributed by atoms with E-state index in [1.807, 2.05) is 30.3 Å². The molecule has 2 aromatic rings. The first-order chi connectivity index (χ1) is 9.27. The number of para-hydroxylation sites is 1. The molecule has 1 heterocycles. The molecule has 2 aromatic carbocycles. The van der Waals surface area contributed by atoms with Gasteiger partial charge in [-0.15, -0.1) is 11.8 Å². The number of anilines is 1. The highest BCUT2D eigenvalue weighted by Gasteiger charge is 2.35. The van der Waals surface area contributed by atoms with Crippen LogP contribution in [0.2, 0.25) is 0 Å². The number of carbonyl (C=O) groups excluding carboxylic acids is 1. The smallest absolute Gasteiger partial charge is 0.238 e. The Kier molecular flexibility index (Phi) is 3.25. The van der Waals surface area contributed by atoms with E-state index in [0.717, 1.165) is 5.56 Å². The van der Waals surface area contributed by atoms with Gasteiger partial charge in [-0.25, -0.2) is 4.39 Å². The van der Waals surface area contributed by atoms with Gasteiger partial charge in [0.25, 0.3) is 0 Å². The predicted octanol–water partition coefficient (Wildman–Crippen LogP) is 3.60. The van der Waals surface area contributed by atoms with Crippen LogP contribution in [-0.4, -0.2) is 11.7 Å². The molecule has 0 aliphatic carbocycles. The summed E-state index contributed by atoms with van der Waals surface area (Å²) in [7, 11) is 0. The summed E-state index contributed by atoms with van der Waals surface area (Å²) in [6, 6.07) is 16.1. The Balaban J connectivity index is 2.03. The summed E-state index contributed by atoms with van der Waals surface area (Å²) in [4.78, 5) is 13.6. The zero-order valence-electron chi connectivity index (χ0n) is 10.1. The van der Waals surface area contributed by atoms with Gasteiger partial charge < -0.3 is 0 Å². The van der Waals surface area contributed by atoms with E-state index in [9.17, 15) is 9.18 Å². The van der Waals surface area contributed by atoms with Crippen LogP contribution in [-0.2, 0) is 4.79 Å². The van der Waals surface area contributed by atoms with E-state index in [0.29, 0.717) is 11.4 Å². The lowest BCUT2D eigenvalue weighted by molar-refractivity contribution is -0.115. The van der Waals surface area contributed by atoms with Gasteiger partial charge in [0.05, 0.1) is 11.4 Å². The van der Waals surface area contributed by atoms with Crippen molar-refractivity contribution >= 4 is 23.4 Å². The fourth-order valence-corrected chi connectivity index (χ4v) is 3.37. The number of thioether (sulfide) groups is 1. The molecule has 0 bridgehead atoms. The standard InChI is InChI=1S/C15H12FNOS/c16-12-8-4-5-9-13(12)17-14(18)10-19-15(17)11-6-2-1-3-7-11/h1-9,15H,10H2/t15-/m0/s1. The van der Waals surface area contributed by atoms with Crippen molar-refractivity contribution in [3.63, 3.8) is 0 Å². The predicted molar refractivity (Wildman–Crippen MR) is 75.5 cm³/mol. The minimum atomic E-state index is -0.362. The van der Waals surface area contributed by atoms with E-state index in [1.165, 1.54) is 17.8 Å². The molecule has 1 atom stereocenters. The van der Waals surface area contributed by atoms with Crippen LogP contribution in [0.3, 0.4) is 0 Å². The van der Waals surface area contributed by atoms with Gasteiger partial charge in [-0.05, 0) is 17.7 Å². The number of halogens is 1. The third-order valence-corrected chi connectivity index (χ3v) is 4.28. The van der Waals surface area contributed by atoms with Gasteiger partial charge in [0, 0.05) is 0 Å². The molecule has 3 rings (SSSR count). The molecule has 0 spiro atoms. The average Bonchev–Trinajstić information content (AvgIpc) is 2.82. The molecule has 0 N–H and O–H groups in total. The Morgan fingerprint density at radius 1 is 1.05 bits per heavy atom. The van der Waals surface area contributed by atoms with Gasteiger partial charge in [-0.1, -0.05) is 42.5 Å². The minimum absolute atomic E-state index is 0.0519. The van der Waals surface area contributed by atoms with Crippen LogP contribution < -0.4 is 4.90 Å². The third-order valence-electron chi connectivity index (χ3n) is 3.06. The summed E-state index contributed by atoms with van der Waals surface area (Å²) >= 11 is 1.52. The zero-order chi connectivity index (χ0) is 13.2. The van der Waals surface area contributed by atoms with Gasteiger partial charge >= 0.3 is 0 Å². The molecule has 1 fully saturated rings. The molecule has 19 heavy (non-hydrogen) atoms. The molecule has 0 aromatic heterocycles. The average molecular weight is 273 g/mol. The Morgan fingerprint density at radius 2 is 1.74 bits per heavy atom. The van der Waals surface area contributed by atoms with Crippen molar-refractivity contribution in [2.45, 2.75) is 5.37 Å². The van der Waals surface area contributed by atoms with E-state index in [-0.39, 0.29) is 17.1 Å². The van der Waals surface area contributed by atoms with Crippen molar-refractivity contribution in [1.82, 2.24) is 0 Å². The number of benzene rings is 2. The second-order valence-corrected chi connectivity index (χ2v) is 5.36. The molecule has 0 unspecified atom stereocenters. The van der Waals surface area contributed by atoms with Crippen LogP contribution in [0.4, 0.5) is 10.1 Å². The SMILES string of the molecule is O=C1CS[C@@H](c2ccccc2)N1c1ccccc1F. The van der Waals surface area contributed by atoms with Crippen LogP contribution in [0.1, 0.15) is 10.9 Å². The number of nitrogens with zero attached hydrogens (tertiary/aromatic N) is 1. The molecule has 1 aliphatic rings. The first-order valence-corrected chi connectivity index (χ1v) is 7.05. The Labute approximate surface area is 115 Å². The van der Waals surface area contributed by atoms with Crippen molar-refractivity contribution in [3.05, 3.63) is 66.0 Å². The highest BCUT2D eigenvalue weighted by atomic mass is 32.2. The lowest BCUT2D eigenvalue weighted by atomic mass is 10.2. The summed E-state index contributed by atoms with van der Waals surface area (Å²) in [5.74, 6) is -0.0308. The van der Waals surface area contributed by atoms with E-state index < -0.39 is 0 Å². The lowest BCUT2D eigenvalue weighted by Gasteiger charge is -2.24. The van der Waals surface area contributed by atoms with E-state index in [4.69, 9.17) is 0 Å². The van der Waals surface area contributed by atoms with Crippen LogP contribution in [0.15, 0.2) is 54.6 Å². The van der Waals surface area contributed by atoms with E-state index >= 15 is 0 Å². The van der Waals surface area contributed by atoms with E-state index in [2.05, 4.69) is 0 Å². The van der Waals surface area contributed by atoms with Crippen LogP contribution >= 0.6 is 11.8 Å². The number of hydrogen-bond donors (Lipinski definition) is 0. The monoisotopic (exact) mass is 273 g/mol. The van der Waals surface area contributed by atoms with Gasteiger partial charge in [0.2, 0.25) is 5.91 Å². The Morgan fingerprint density at radius 3 is 2.47 bits per heavy atom. The van der Waals surface area contributed by atoms with Gasteiger partial charge in [-0.3, -0.25) is 9.69 Å². The maximum atomic E-state index is 13.9. The molecule has 96 valence electrons. The number of amides is 1. The molecule has 4 heteroatoms. The maximum Gasteiger partial charge on any atom is 0.238 e. The van der Waals surface area contributed by atoms with Crippen molar-refractivity contribution in [2.24, 2.45) is 0 Å². The van der Waals surface area contributed by atoms with Crippen molar-refractivity contribution in [1.29, 1.82) is 0 Å². The normalized spacial score (nSPS) is 18.9. The number of carbonyl (C=O) groups is 1. The number of hydrogen-bond acceptors (Lipinski definition) is 2. The zero-order valence-corrected chi connectivity index (χ0v) is 10.9. The second-order valence-electron chi connectivity index (χ2n) is 4.29. The van der Waals surface area contributed by atoms with Crippen molar-refractivity contribution in [3.8, 4) is 0 Å². The summed E-state index contributed by atoms with van der Waals surface area (Å²) in [5.41, 5.74) is 1.37. The molecule has 1 saturated heterocycles. The fraction of sp³-hybridized carbons (Fsp3) is 0.133. The number of rotatable bonds is 2. The summed E-state index contributed by atoms with van der Waals surface area (Å²) in [6.45, 7) is 0. The van der Waals surface area contributed by atoms with Crippen LogP contribution in [0.5, 0.6) is 0 Å². The third kappa shape index (κ3) is 2.24. The highest BCUT2D eigenvalue weighted by molar-refractivity contribution is 8.00. The van der Waals surface area contributed by atoms with Gasteiger partial charge in [0.15, 0.2) is 0 Å². The quantitative estimate of drug-likeness (QED) is 0.833. The molecular weight excluding hydrogens is 261 g/mol. The largest absolute Gasteiger partial charge is 0.292 e. The van der Waals surface area contributed by atoms with Gasteiger partial charge in [0.1, 0.15) is 11.2 Å². The first-order valence-electron chi connectivity index (χ1n) is 6.00. The minimum Gasteiger partial charge on any atom is -0.292 e. The maximum absolute atomic E-state index is 13.9. The Hall–Kier alpha value is -1.81. The molecule has 1 aliphatic heterocycles. The van der Waals surface area contributed by atoms with Crippen LogP contribution in [0.25, 0.3) is 0 Å². The van der Waals surface area contributed by atoms with Gasteiger partial charge in [-0.2, -0.15) is 0 Å². The highest BCUT2D eigenvalue weighted by Crippen LogP contribution is 2.42. The Bertz CT molecular complexity index is 602. The summed E-state index contributed by atoms with van der Waals surface area (Å²) < 4.78 is 13.9. The lowest BCUT2D eigenvalue weighted by Crippen LogP contribution is -2.28. The van der Waals surface area contributed by atoms with E-state index in [1.54, 1.807) is 23.1 Å². The fourth-order valence-electron chi connectivity index (χ4n) is 2.20. The van der Waals surface area contributed by atoms with Crippen molar-refractivity contribution < 1.29 is 9.18 Å². The molecule has 2 nitrogen and oxygen atoms in total. The molecule has 1 amide bonds. The van der Waals surface area contributed by atoms with Crippen molar-refractivity contribution in [2.75, 3.05) is 10.7 Å². The summed E-state index contributed by atoms with van der Waals surface area (Å²) in [6.07, 6.45) is 0. The molecule has 0 radical (unpaired) electrons. The second kappa shape index (κ2) is 5.05. The topological polar surface area (TPSA) is 20.3 Å².